The van der Waals surface area contributed by atoms with Crippen molar-refractivity contribution in [2.75, 3.05) is 25.9 Å². The zero-order valence-corrected chi connectivity index (χ0v) is 34.3. The van der Waals surface area contributed by atoms with Crippen molar-refractivity contribution in [3.8, 4) is 0 Å². The molecule has 52 heavy (non-hydrogen) atoms. The van der Waals surface area contributed by atoms with Crippen molar-refractivity contribution >= 4 is 31.8 Å². The number of carboxylic acids is 1. The lowest BCUT2D eigenvalue weighted by atomic mass is 10.0. The quantitative estimate of drug-likeness (QED) is 0.0354. The maximum absolute atomic E-state index is 12.6. The molecule has 1 unspecified atom stereocenters. The van der Waals surface area contributed by atoms with E-state index >= 15 is 0 Å². The van der Waals surface area contributed by atoms with Gasteiger partial charge in [-0.2, -0.15) is 0 Å². The summed E-state index contributed by atoms with van der Waals surface area (Å²) >= 11 is 0. The fourth-order valence-electron chi connectivity index (χ4n) is 6.06. The first-order valence-electron chi connectivity index (χ1n) is 21.3. The number of hydrogen-bond donors (Lipinski definition) is 2. The molecule has 0 rings (SSSR count). The van der Waals surface area contributed by atoms with Crippen LogP contribution in [0.15, 0.2) is 0 Å². The van der Waals surface area contributed by atoms with Gasteiger partial charge in [-0.15, -0.1) is 0 Å². The number of aliphatic carboxylic acids is 1. The number of carboxylic acid groups (broad SMARTS) is 1. The zero-order valence-electron chi connectivity index (χ0n) is 33.3. The first-order chi connectivity index (χ1) is 25.3. The van der Waals surface area contributed by atoms with Crippen LogP contribution in [0.1, 0.15) is 206 Å². The molecule has 0 aliphatic carbocycles. The van der Waals surface area contributed by atoms with Gasteiger partial charge in [0.25, 0.3) is 0 Å². The van der Waals surface area contributed by atoms with Crippen LogP contribution in [0, 0.1) is 0 Å². The monoisotopic (exact) mass is 760 g/mol. The standard InChI is InChI=1S/C41H78NO9P/c1-3-5-7-9-11-13-15-17-19-21-23-25-27-29-40(46)49-35-37(36-50-52(48)34-33-42-38(43)31-32-39(44)45)51-41(47)30-28-26-24-22-20-18-16-14-12-10-8-6-4-2/h37,52H,3-36H2,1-2H3,(H,42,43)(H,44,45)/t37-/m1/s1. The summed E-state index contributed by atoms with van der Waals surface area (Å²) in [5.41, 5.74) is 0. The van der Waals surface area contributed by atoms with E-state index in [9.17, 15) is 23.7 Å². The number of amides is 1. The average molecular weight is 760 g/mol. The zero-order chi connectivity index (χ0) is 38.3. The van der Waals surface area contributed by atoms with Crippen LogP contribution in [0.2, 0.25) is 0 Å². The van der Waals surface area contributed by atoms with Crippen molar-refractivity contribution in [3.05, 3.63) is 0 Å². The third-order valence-electron chi connectivity index (χ3n) is 9.34. The van der Waals surface area contributed by atoms with E-state index in [1.54, 1.807) is 0 Å². The lowest BCUT2D eigenvalue weighted by molar-refractivity contribution is -0.161. The molecule has 0 spiro atoms. The third-order valence-corrected chi connectivity index (χ3v) is 10.5. The Morgan fingerprint density at radius 2 is 0.942 bits per heavy atom. The smallest absolute Gasteiger partial charge is 0.306 e. The molecule has 2 atom stereocenters. The van der Waals surface area contributed by atoms with Crippen LogP contribution in [0.25, 0.3) is 0 Å². The molecule has 0 aromatic carbocycles. The van der Waals surface area contributed by atoms with Gasteiger partial charge in [0.1, 0.15) is 6.61 Å². The van der Waals surface area contributed by atoms with E-state index < -0.39 is 32.0 Å². The van der Waals surface area contributed by atoms with Gasteiger partial charge in [-0.25, -0.2) is 0 Å². The van der Waals surface area contributed by atoms with Gasteiger partial charge >= 0.3 is 17.9 Å². The van der Waals surface area contributed by atoms with Crippen molar-refractivity contribution in [1.29, 1.82) is 0 Å². The SMILES string of the molecule is CCCCCCCCCCCCCCCC(=O)OC[C@H](CO[PH](=O)CCNC(=O)CCC(=O)O)OC(=O)CCCCCCCCCCCCCCC. The molecule has 0 aliphatic heterocycles. The summed E-state index contributed by atoms with van der Waals surface area (Å²) in [6, 6.07) is 0. The number of rotatable bonds is 40. The minimum absolute atomic E-state index is 0.0575. The Balaban J connectivity index is 4.36. The van der Waals surface area contributed by atoms with Crippen molar-refractivity contribution in [3.63, 3.8) is 0 Å². The summed E-state index contributed by atoms with van der Waals surface area (Å²) in [6.07, 6.45) is 31.0. The van der Waals surface area contributed by atoms with Gasteiger partial charge in [-0.1, -0.05) is 168 Å². The molecule has 2 N–H and O–H groups in total. The first kappa shape index (κ1) is 50.1. The average Bonchev–Trinajstić information content (AvgIpc) is 3.12. The maximum atomic E-state index is 12.6. The summed E-state index contributed by atoms with van der Waals surface area (Å²) < 4.78 is 28.9. The molecule has 0 aliphatic rings. The molecular weight excluding hydrogens is 681 g/mol. The Morgan fingerprint density at radius 1 is 0.538 bits per heavy atom. The molecule has 11 heteroatoms. The fourth-order valence-corrected chi connectivity index (χ4v) is 6.91. The van der Waals surface area contributed by atoms with E-state index in [1.807, 2.05) is 0 Å². The molecule has 0 saturated carbocycles. The molecule has 0 fully saturated rings. The van der Waals surface area contributed by atoms with E-state index in [0.29, 0.717) is 6.42 Å². The van der Waals surface area contributed by atoms with Crippen LogP contribution in [0.3, 0.4) is 0 Å². The molecule has 10 nitrogen and oxygen atoms in total. The van der Waals surface area contributed by atoms with Gasteiger partial charge in [0.15, 0.2) is 14.1 Å². The lowest BCUT2D eigenvalue weighted by Crippen LogP contribution is -2.29. The van der Waals surface area contributed by atoms with Crippen molar-refractivity contribution in [2.45, 2.75) is 213 Å². The number of nitrogens with one attached hydrogen (secondary N) is 1. The molecule has 306 valence electrons. The second-order valence-corrected chi connectivity index (χ2v) is 16.0. The summed E-state index contributed by atoms with van der Waals surface area (Å²) in [5.74, 6) is -2.24. The fraction of sp³-hybridized carbons (Fsp3) is 0.902. The van der Waals surface area contributed by atoms with Crippen LogP contribution >= 0.6 is 8.03 Å². The van der Waals surface area contributed by atoms with E-state index in [4.69, 9.17) is 19.1 Å². The van der Waals surface area contributed by atoms with E-state index in [2.05, 4.69) is 19.2 Å². The Bertz CT molecular complexity index is 901. The number of carbonyl (C=O) groups excluding carboxylic acids is 3. The predicted octanol–water partition coefficient (Wildman–Crippen LogP) is 10.9. The highest BCUT2D eigenvalue weighted by atomic mass is 31.1. The number of carbonyl (C=O) groups is 4. The molecule has 0 aromatic rings. The van der Waals surface area contributed by atoms with Crippen molar-refractivity contribution in [1.82, 2.24) is 5.32 Å². The van der Waals surface area contributed by atoms with Crippen LogP contribution < -0.4 is 5.32 Å². The van der Waals surface area contributed by atoms with Gasteiger partial charge in [0, 0.05) is 32.0 Å². The number of hydrogen-bond acceptors (Lipinski definition) is 8. The van der Waals surface area contributed by atoms with Crippen LogP contribution in [0.5, 0.6) is 0 Å². The minimum atomic E-state index is -2.57. The van der Waals surface area contributed by atoms with E-state index in [0.717, 1.165) is 38.5 Å². The summed E-state index contributed by atoms with van der Waals surface area (Å²) in [4.78, 5) is 47.4. The van der Waals surface area contributed by atoms with Gasteiger partial charge in [0.05, 0.1) is 13.0 Å². The number of esters is 2. The lowest BCUT2D eigenvalue weighted by Gasteiger charge is -2.18. The second kappa shape index (κ2) is 38.8. The maximum Gasteiger partial charge on any atom is 0.306 e. The van der Waals surface area contributed by atoms with E-state index in [1.165, 1.54) is 128 Å². The second-order valence-electron chi connectivity index (χ2n) is 14.5. The minimum Gasteiger partial charge on any atom is -0.481 e. The summed E-state index contributed by atoms with van der Waals surface area (Å²) in [7, 11) is -2.57. The Labute approximate surface area is 317 Å². The predicted molar refractivity (Wildman–Crippen MR) is 211 cm³/mol. The Morgan fingerprint density at radius 3 is 1.37 bits per heavy atom. The molecule has 0 bridgehead atoms. The van der Waals surface area contributed by atoms with Crippen molar-refractivity contribution < 1.29 is 42.8 Å². The van der Waals surface area contributed by atoms with Gasteiger partial charge < -0.3 is 24.4 Å². The molecular formula is C41H78NO9P. The Hall–Kier alpha value is -1.93. The van der Waals surface area contributed by atoms with Gasteiger partial charge in [0.2, 0.25) is 5.91 Å². The van der Waals surface area contributed by atoms with Crippen LogP contribution in [-0.4, -0.2) is 60.9 Å². The summed E-state index contributed by atoms with van der Waals surface area (Å²) in [6.45, 7) is 4.22. The molecule has 0 saturated heterocycles. The third kappa shape index (κ3) is 37.8. The number of ether oxygens (including phenoxy) is 2. The molecule has 0 aromatic heterocycles. The topological polar surface area (TPSA) is 145 Å². The summed E-state index contributed by atoms with van der Waals surface area (Å²) in [5, 5.41) is 11.2. The van der Waals surface area contributed by atoms with Gasteiger partial charge in [-0.3, -0.25) is 23.7 Å². The van der Waals surface area contributed by atoms with Crippen LogP contribution in [-0.2, 0) is 37.7 Å². The molecule has 0 radical (unpaired) electrons. The Kier molecular flexibility index (Phi) is 37.3. The van der Waals surface area contributed by atoms with Gasteiger partial charge in [-0.05, 0) is 12.8 Å². The number of unbranched alkanes of at least 4 members (excludes halogenated alkanes) is 24. The highest BCUT2D eigenvalue weighted by molar-refractivity contribution is 7.39. The normalized spacial score (nSPS) is 12.3. The molecule has 1 amide bonds. The molecule has 0 heterocycles. The highest BCUT2D eigenvalue weighted by Gasteiger charge is 2.19. The highest BCUT2D eigenvalue weighted by Crippen LogP contribution is 2.22. The first-order valence-corrected chi connectivity index (χ1v) is 22.8. The van der Waals surface area contributed by atoms with E-state index in [-0.39, 0.29) is 51.2 Å². The van der Waals surface area contributed by atoms with Crippen LogP contribution in [0.4, 0.5) is 0 Å². The van der Waals surface area contributed by atoms with Crippen molar-refractivity contribution in [2.24, 2.45) is 0 Å². The largest absolute Gasteiger partial charge is 0.481 e.